The summed E-state index contributed by atoms with van der Waals surface area (Å²) in [7, 11) is -4.23. The van der Waals surface area contributed by atoms with Crippen LogP contribution in [0.25, 0.3) is 0 Å². The van der Waals surface area contributed by atoms with Gasteiger partial charge in [-0.05, 0) is 44.9 Å². The van der Waals surface area contributed by atoms with Crippen molar-refractivity contribution in [1.82, 2.24) is 4.72 Å². The van der Waals surface area contributed by atoms with E-state index in [1.165, 1.54) is 13.8 Å². The third kappa shape index (κ3) is 3.41. The third-order valence-electron chi connectivity index (χ3n) is 6.42. The second-order valence-electron chi connectivity index (χ2n) is 9.49. The van der Waals surface area contributed by atoms with E-state index in [1.54, 1.807) is 34.6 Å². The van der Waals surface area contributed by atoms with Crippen LogP contribution in [0.15, 0.2) is 0 Å². The number of rotatable bonds is 5. The van der Waals surface area contributed by atoms with Gasteiger partial charge in [0.25, 0.3) is 0 Å². The SMILES string of the molecule is CC(C(=O)NS(=O)(=O)C12CCC(CC1=O)C2(C)C)C(C)C(=O)OC(C)(C)C. The summed E-state index contributed by atoms with van der Waals surface area (Å²) in [5.41, 5.74) is -1.43. The fourth-order valence-corrected chi connectivity index (χ4v) is 6.66. The Labute approximate surface area is 161 Å². The number of hydrogen-bond acceptors (Lipinski definition) is 6. The number of fused-ring (bicyclic) bond motifs is 2. The van der Waals surface area contributed by atoms with Crippen molar-refractivity contribution in [1.29, 1.82) is 0 Å². The highest BCUT2D eigenvalue weighted by Crippen LogP contribution is 2.61. The predicted molar refractivity (Wildman–Crippen MR) is 100 cm³/mol. The van der Waals surface area contributed by atoms with Gasteiger partial charge in [-0.15, -0.1) is 0 Å². The van der Waals surface area contributed by atoms with E-state index in [1.807, 2.05) is 0 Å². The lowest BCUT2D eigenvalue weighted by Gasteiger charge is -2.35. The van der Waals surface area contributed by atoms with E-state index in [9.17, 15) is 22.8 Å². The highest BCUT2D eigenvalue weighted by Gasteiger charge is 2.71. The Morgan fingerprint density at radius 1 is 1.19 bits per heavy atom. The Kier molecular flexibility index (Phi) is 5.32. The summed E-state index contributed by atoms with van der Waals surface area (Å²) in [4.78, 5) is 37.4. The molecule has 0 aromatic carbocycles. The normalized spacial score (nSPS) is 29.3. The number of carbonyl (C=O) groups is 3. The molecule has 0 heterocycles. The van der Waals surface area contributed by atoms with Gasteiger partial charge in [-0.25, -0.2) is 8.42 Å². The van der Waals surface area contributed by atoms with Crippen LogP contribution in [0.5, 0.6) is 0 Å². The quantitative estimate of drug-likeness (QED) is 0.708. The first kappa shape index (κ1) is 21.9. The summed E-state index contributed by atoms with van der Waals surface area (Å²) < 4.78 is 32.0. The summed E-state index contributed by atoms with van der Waals surface area (Å²) in [6, 6.07) is 0. The Balaban J connectivity index is 2.19. The molecule has 2 bridgehead atoms. The van der Waals surface area contributed by atoms with Crippen molar-refractivity contribution in [2.24, 2.45) is 23.2 Å². The van der Waals surface area contributed by atoms with Crippen LogP contribution in [-0.4, -0.2) is 36.4 Å². The number of hydrogen-bond donors (Lipinski definition) is 1. The molecule has 1 N–H and O–H groups in total. The van der Waals surface area contributed by atoms with E-state index in [0.717, 1.165) is 0 Å². The number of nitrogens with one attached hydrogen (secondary N) is 1. The van der Waals surface area contributed by atoms with Gasteiger partial charge in [0.05, 0.1) is 5.92 Å². The maximum atomic E-state index is 13.1. The van der Waals surface area contributed by atoms with Gasteiger partial charge in [0.2, 0.25) is 15.9 Å². The van der Waals surface area contributed by atoms with Crippen molar-refractivity contribution < 1.29 is 27.5 Å². The first-order chi connectivity index (χ1) is 12.1. The minimum absolute atomic E-state index is 0.00906. The zero-order valence-electron chi connectivity index (χ0n) is 17.2. The minimum Gasteiger partial charge on any atom is -0.460 e. The number of ether oxygens (including phenoxy) is 1. The third-order valence-corrected chi connectivity index (χ3v) is 8.77. The fourth-order valence-electron chi connectivity index (χ4n) is 4.40. The lowest BCUT2D eigenvalue weighted by atomic mass is 9.81. The molecule has 0 radical (unpaired) electrons. The molecule has 4 unspecified atom stereocenters. The van der Waals surface area contributed by atoms with Crippen molar-refractivity contribution in [2.45, 2.75) is 78.1 Å². The number of carbonyl (C=O) groups excluding carboxylic acids is 3. The van der Waals surface area contributed by atoms with Gasteiger partial charge >= 0.3 is 5.97 Å². The molecule has 2 saturated carbocycles. The van der Waals surface area contributed by atoms with E-state index >= 15 is 0 Å². The van der Waals surface area contributed by atoms with E-state index in [4.69, 9.17) is 4.74 Å². The van der Waals surface area contributed by atoms with Crippen LogP contribution in [0.4, 0.5) is 0 Å². The number of amides is 1. The molecule has 2 aliphatic carbocycles. The first-order valence-electron chi connectivity index (χ1n) is 9.39. The molecule has 154 valence electrons. The van der Waals surface area contributed by atoms with E-state index in [2.05, 4.69) is 4.72 Å². The van der Waals surface area contributed by atoms with Crippen LogP contribution in [0.2, 0.25) is 0 Å². The number of Topliss-reactive ketones (excluding diaryl/α,β-unsaturated/α-hetero) is 1. The Morgan fingerprint density at radius 3 is 2.15 bits per heavy atom. The average molecular weight is 402 g/mol. The lowest BCUT2D eigenvalue weighted by Crippen LogP contribution is -2.57. The molecule has 1 amide bonds. The van der Waals surface area contributed by atoms with Gasteiger partial charge in [0.1, 0.15) is 5.60 Å². The standard InChI is InChI=1S/C19H31NO6S/c1-11(12(2)16(23)26-17(3,4)5)15(22)20-27(24,25)19-9-8-13(10-14(19)21)18(19,6)7/h11-13H,8-10H2,1-7H3,(H,20,22). The van der Waals surface area contributed by atoms with Crippen LogP contribution in [0, 0.1) is 23.2 Å². The number of ketones is 1. The van der Waals surface area contributed by atoms with E-state index in [0.29, 0.717) is 6.42 Å². The molecular formula is C19H31NO6S. The zero-order valence-corrected chi connectivity index (χ0v) is 18.0. The topological polar surface area (TPSA) is 107 Å². The number of sulfonamides is 1. The van der Waals surface area contributed by atoms with Crippen LogP contribution < -0.4 is 4.72 Å². The van der Waals surface area contributed by atoms with Gasteiger partial charge in [-0.1, -0.05) is 27.7 Å². The Hall–Kier alpha value is -1.44. The van der Waals surface area contributed by atoms with E-state index < -0.39 is 49.5 Å². The lowest BCUT2D eigenvalue weighted by molar-refractivity contribution is -0.162. The molecule has 8 heteroatoms. The molecule has 7 nitrogen and oxygen atoms in total. The molecule has 2 fully saturated rings. The molecule has 0 aromatic heterocycles. The highest BCUT2D eigenvalue weighted by molar-refractivity contribution is 7.92. The van der Waals surface area contributed by atoms with Gasteiger partial charge in [-0.3, -0.25) is 19.1 Å². The van der Waals surface area contributed by atoms with Gasteiger partial charge < -0.3 is 4.74 Å². The maximum Gasteiger partial charge on any atom is 0.309 e. The van der Waals surface area contributed by atoms with Crippen molar-refractivity contribution in [2.75, 3.05) is 0 Å². The number of esters is 1. The fraction of sp³-hybridized carbons (Fsp3) is 0.842. The molecule has 2 rings (SSSR count). The molecular weight excluding hydrogens is 370 g/mol. The molecule has 2 aliphatic rings. The highest BCUT2D eigenvalue weighted by atomic mass is 32.2. The van der Waals surface area contributed by atoms with Crippen LogP contribution in [-0.2, 0) is 29.1 Å². The molecule has 0 spiro atoms. The van der Waals surface area contributed by atoms with Gasteiger partial charge in [0.15, 0.2) is 10.5 Å². The molecule has 4 atom stereocenters. The summed E-state index contributed by atoms with van der Waals surface area (Å²) in [5.74, 6) is -3.41. The molecule has 27 heavy (non-hydrogen) atoms. The minimum atomic E-state index is -4.23. The summed E-state index contributed by atoms with van der Waals surface area (Å²) in [5, 5.41) is 0. The van der Waals surface area contributed by atoms with Crippen LogP contribution in [0.1, 0.15) is 67.7 Å². The van der Waals surface area contributed by atoms with Crippen molar-refractivity contribution in [3.05, 3.63) is 0 Å². The Morgan fingerprint density at radius 2 is 1.74 bits per heavy atom. The van der Waals surface area contributed by atoms with Crippen molar-refractivity contribution >= 4 is 27.7 Å². The molecule has 0 aliphatic heterocycles. The maximum absolute atomic E-state index is 13.1. The second-order valence-corrected chi connectivity index (χ2v) is 11.4. The van der Waals surface area contributed by atoms with Crippen LogP contribution in [0.3, 0.4) is 0 Å². The molecule has 0 aromatic rings. The van der Waals surface area contributed by atoms with Crippen molar-refractivity contribution in [3.63, 3.8) is 0 Å². The first-order valence-corrected chi connectivity index (χ1v) is 10.9. The van der Waals surface area contributed by atoms with Crippen molar-refractivity contribution in [3.8, 4) is 0 Å². The second kappa shape index (κ2) is 6.57. The van der Waals surface area contributed by atoms with Gasteiger partial charge in [-0.2, -0.15) is 0 Å². The monoisotopic (exact) mass is 401 g/mol. The Bertz CT molecular complexity index is 764. The summed E-state index contributed by atoms with van der Waals surface area (Å²) in [6.45, 7) is 11.7. The average Bonchev–Trinajstić information content (AvgIpc) is 2.87. The zero-order chi connectivity index (χ0) is 21.0. The largest absolute Gasteiger partial charge is 0.460 e. The van der Waals surface area contributed by atoms with Crippen LogP contribution >= 0.6 is 0 Å². The van der Waals surface area contributed by atoms with E-state index in [-0.39, 0.29) is 24.5 Å². The predicted octanol–water partition coefficient (Wildman–Crippen LogP) is 2.19. The van der Waals surface area contributed by atoms with Gasteiger partial charge in [0, 0.05) is 12.3 Å². The summed E-state index contributed by atoms with van der Waals surface area (Å²) >= 11 is 0. The smallest absolute Gasteiger partial charge is 0.309 e. The molecule has 0 saturated heterocycles. The summed E-state index contributed by atoms with van der Waals surface area (Å²) in [6.07, 6.45) is 1.10.